The van der Waals surface area contributed by atoms with Gasteiger partial charge in [-0.3, -0.25) is 9.78 Å². The van der Waals surface area contributed by atoms with Crippen molar-refractivity contribution in [3.05, 3.63) is 77.5 Å². The fraction of sp³-hybridized carbons (Fsp3) is 0.222. The number of para-hydroxylation sites is 1. The molecule has 1 aromatic heterocycles. The van der Waals surface area contributed by atoms with Crippen LogP contribution in [0.3, 0.4) is 0 Å². The van der Waals surface area contributed by atoms with Crippen LogP contribution in [0.4, 0.5) is 0 Å². The lowest BCUT2D eigenvalue weighted by Gasteiger charge is -2.13. The van der Waals surface area contributed by atoms with E-state index in [0.717, 1.165) is 22.4 Å². The highest BCUT2D eigenvalue weighted by molar-refractivity contribution is 5.92. The van der Waals surface area contributed by atoms with Crippen LogP contribution in [0.25, 0.3) is 17.3 Å². The van der Waals surface area contributed by atoms with Gasteiger partial charge in [-0.1, -0.05) is 18.2 Å². The number of methoxy groups -OCH3 is 3. The van der Waals surface area contributed by atoms with Crippen molar-refractivity contribution >= 4 is 18.0 Å². The van der Waals surface area contributed by atoms with Crippen molar-refractivity contribution in [3.63, 3.8) is 0 Å². The van der Waals surface area contributed by atoms with Crippen LogP contribution in [0, 0.1) is 0 Å². The summed E-state index contributed by atoms with van der Waals surface area (Å²) in [5.74, 6) is 1.30. The highest BCUT2D eigenvalue weighted by atomic mass is 16.5. The molecule has 1 amide bonds. The highest BCUT2D eigenvalue weighted by Gasteiger charge is 2.26. The third kappa shape index (κ3) is 5.43. The first-order valence-corrected chi connectivity index (χ1v) is 11.0. The number of pyridine rings is 1. The van der Waals surface area contributed by atoms with E-state index in [2.05, 4.69) is 10.3 Å². The van der Waals surface area contributed by atoms with E-state index in [1.807, 2.05) is 24.3 Å². The molecule has 0 radical (unpaired) electrons. The zero-order valence-electron chi connectivity index (χ0n) is 19.7. The molecule has 0 fully saturated rings. The van der Waals surface area contributed by atoms with Crippen LogP contribution in [0.15, 0.2) is 60.8 Å². The predicted octanol–water partition coefficient (Wildman–Crippen LogP) is 3.69. The number of benzene rings is 2. The molecule has 0 bridgehead atoms. The number of nitrogens with one attached hydrogen (secondary N) is 1. The number of fused-ring (bicyclic) bond motifs is 1. The smallest absolute Gasteiger partial charge is 0.339 e. The van der Waals surface area contributed by atoms with Gasteiger partial charge in [0.15, 0.2) is 11.5 Å². The standard InChI is InChI=1S/C27H26N2O6/c1-32-23-11-7-17(13-24(23)33-2)8-12-25(30)29-16-20-14-18-5-4-6-21(26(18)35-20)22-10-9-19(15-28-22)27(31)34-3/h4-13,15,20H,14,16H2,1-3H3,(H,29,30)/b12-8+. The van der Waals surface area contributed by atoms with E-state index < -0.39 is 5.97 Å². The van der Waals surface area contributed by atoms with Gasteiger partial charge in [-0.05, 0) is 47.5 Å². The van der Waals surface area contributed by atoms with Crippen molar-refractivity contribution in [3.8, 4) is 28.5 Å². The van der Waals surface area contributed by atoms with Gasteiger partial charge in [0.05, 0.1) is 39.1 Å². The monoisotopic (exact) mass is 474 g/mol. The van der Waals surface area contributed by atoms with Gasteiger partial charge in [0, 0.05) is 24.3 Å². The number of rotatable bonds is 8. The molecule has 0 saturated heterocycles. The first-order chi connectivity index (χ1) is 17.0. The molecule has 1 N–H and O–H groups in total. The lowest BCUT2D eigenvalue weighted by Crippen LogP contribution is -2.33. The molecule has 35 heavy (non-hydrogen) atoms. The lowest BCUT2D eigenvalue weighted by atomic mass is 10.0. The SMILES string of the molecule is COC(=O)c1ccc(-c2cccc3c2OC(CNC(=O)/C=C/c2ccc(OC)c(OC)c2)C3)nc1. The molecule has 2 aromatic carbocycles. The summed E-state index contributed by atoms with van der Waals surface area (Å²) in [5, 5.41) is 2.89. The zero-order chi connectivity index (χ0) is 24.8. The summed E-state index contributed by atoms with van der Waals surface area (Å²) < 4.78 is 21.4. The van der Waals surface area contributed by atoms with Gasteiger partial charge < -0.3 is 24.3 Å². The zero-order valence-corrected chi connectivity index (χ0v) is 19.7. The van der Waals surface area contributed by atoms with Crippen molar-refractivity contribution in [1.29, 1.82) is 0 Å². The Balaban J connectivity index is 1.37. The molecule has 0 saturated carbocycles. The Kier molecular flexibility index (Phi) is 7.30. The minimum atomic E-state index is -0.436. The molecule has 0 aliphatic carbocycles. The van der Waals surface area contributed by atoms with Gasteiger partial charge in [-0.2, -0.15) is 0 Å². The molecule has 1 unspecified atom stereocenters. The van der Waals surface area contributed by atoms with E-state index >= 15 is 0 Å². The molecule has 1 atom stereocenters. The molecule has 1 aliphatic rings. The second-order valence-electron chi connectivity index (χ2n) is 7.85. The molecule has 4 rings (SSSR count). The lowest BCUT2D eigenvalue weighted by molar-refractivity contribution is -0.116. The third-order valence-corrected chi connectivity index (χ3v) is 5.63. The van der Waals surface area contributed by atoms with E-state index in [-0.39, 0.29) is 12.0 Å². The van der Waals surface area contributed by atoms with Crippen LogP contribution in [-0.4, -0.2) is 50.8 Å². The van der Waals surface area contributed by atoms with Crippen molar-refractivity contribution in [2.75, 3.05) is 27.9 Å². The molecule has 3 aromatic rings. The molecule has 8 heteroatoms. The maximum Gasteiger partial charge on any atom is 0.339 e. The summed E-state index contributed by atoms with van der Waals surface area (Å²) in [6.45, 7) is 0.359. The molecular weight excluding hydrogens is 448 g/mol. The number of carbonyl (C=O) groups is 2. The van der Waals surface area contributed by atoms with Crippen molar-refractivity contribution in [2.24, 2.45) is 0 Å². The normalized spacial score (nSPS) is 14.2. The fourth-order valence-electron chi connectivity index (χ4n) is 3.85. The Morgan fingerprint density at radius 3 is 2.63 bits per heavy atom. The van der Waals surface area contributed by atoms with Crippen molar-refractivity contribution < 1.29 is 28.5 Å². The summed E-state index contributed by atoms with van der Waals surface area (Å²) in [6, 6.07) is 14.7. The summed E-state index contributed by atoms with van der Waals surface area (Å²) >= 11 is 0. The van der Waals surface area contributed by atoms with Crippen LogP contribution < -0.4 is 19.5 Å². The third-order valence-electron chi connectivity index (χ3n) is 5.63. The average Bonchev–Trinajstić information content (AvgIpc) is 3.33. The minimum absolute atomic E-state index is 0.195. The van der Waals surface area contributed by atoms with Gasteiger partial charge in [0.2, 0.25) is 5.91 Å². The number of aromatic nitrogens is 1. The van der Waals surface area contributed by atoms with Crippen molar-refractivity contribution in [1.82, 2.24) is 10.3 Å². The Labute approximate surface area is 203 Å². The number of hydrogen-bond donors (Lipinski definition) is 1. The van der Waals surface area contributed by atoms with E-state index in [1.165, 1.54) is 19.4 Å². The Morgan fingerprint density at radius 2 is 1.91 bits per heavy atom. The van der Waals surface area contributed by atoms with Gasteiger partial charge in [0.25, 0.3) is 0 Å². The first-order valence-electron chi connectivity index (χ1n) is 11.0. The van der Waals surface area contributed by atoms with Crippen LogP contribution in [-0.2, 0) is 16.0 Å². The molecular formula is C27H26N2O6. The van der Waals surface area contributed by atoms with E-state index in [1.54, 1.807) is 44.6 Å². The van der Waals surface area contributed by atoms with Crippen LogP contribution in [0.1, 0.15) is 21.5 Å². The van der Waals surface area contributed by atoms with Gasteiger partial charge in [-0.15, -0.1) is 0 Å². The molecule has 8 nitrogen and oxygen atoms in total. The molecule has 1 aliphatic heterocycles. The second-order valence-corrected chi connectivity index (χ2v) is 7.85. The Morgan fingerprint density at radius 1 is 1.09 bits per heavy atom. The number of esters is 1. The molecule has 0 spiro atoms. The summed E-state index contributed by atoms with van der Waals surface area (Å²) in [4.78, 5) is 28.4. The highest BCUT2D eigenvalue weighted by Crippen LogP contribution is 2.38. The maximum absolute atomic E-state index is 12.4. The van der Waals surface area contributed by atoms with E-state index in [4.69, 9.17) is 18.9 Å². The van der Waals surface area contributed by atoms with Crippen LogP contribution in [0.2, 0.25) is 0 Å². The fourth-order valence-corrected chi connectivity index (χ4v) is 3.85. The summed E-state index contributed by atoms with van der Waals surface area (Å²) in [6.07, 6.45) is 5.14. The molecule has 2 heterocycles. The first kappa shape index (κ1) is 23.8. The van der Waals surface area contributed by atoms with Gasteiger partial charge >= 0.3 is 5.97 Å². The maximum atomic E-state index is 12.4. The predicted molar refractivity (Wildman–Crippen MR) is 131 cm³/mol. The largest absolute Gasteiger partial charge is 0.493 e. The van der Waals surface area contributed by atoms with Crippen LogP contribution in [0.5, 0.6) is 17.2 Å². The number of ether oxygens (including phenoxy) is 4. The quantitative estimate of drug-likeness (QED) is 0.393. The number of amides is 1. The van der Waals surface area contributed by atoms with Crippen molar-refractivity contribution in [2.45, 2.75) is 12.5 Å². The Hall–Kier alpha value is -4.33. The molecule has 180 valence electrons. The van der Waals surface area contributed by atoms with E-state index in [9.17, 15) is 9.59 Å². The van der Waals surface area contributed by atoms with E-state index in [0.29, 0.717) is 35.7 Å². The van der Waals surface area contributed by atoms with Crippen LogP contribution >= 0.6 is 0 Å². The number of hydrogen-bond acceptors (Lipinski definition) is 7. The second kappa shape index (κ2) is 10.7. The minimum Gasteiger partial charge on any atom is -0.493 e. The van der Waals surface area contributed by atoms with Gasteiger partial charge in [0.1, 0.15) is 11.9 Å². The topological polar surface area (TPSA) is 96.0 Å². The summed E-state index contributed by atoms with van der Waals surface area (Å²) in [5.41, 5.74) is 3.77. The van der Waals surface area contributed by atoms with Gasteiger partial charge in [-0.25, -0.2) is 4.79 Å². The average molecular weight is 475 g/mol. The number of nitrogens with zero attached hydrogens (tertiary/aromatic N) is 1. The Bertz CT molecular complexity index is 1250. The summed E-state index contributed by atoms with van der Waals surface area (Å²) in [7, 11) is 4.47. The number of carbonyl (C=O) groups excluding carboxylic acids is 2.